The van der Waals surface area contributed by atoms with Crippen LogP contribution in [0.5, 0.6) is 0 Å². The average molecular weight is 508 g/mol. The number of aryl methyl sites for hydroxylation is 2. The van der Waals surface area contributed by atoms with E-state index in [-0.39, 0.29) is 26.5 Å². The first-order valence-electron chi connectivity index (χ1n) is 10.1. The highest BCUT2D eigenvalue weighted by molar-refractivity contribution is 6.39. The normalized spacial score (nSPS) is 11.8. The molecular weight excluding hydrogens is 490 g/mol. The van der Waals surface area contributed by atoms with E-state index in [0.717, 1.165) is 11.3 Å². The molecule has 176 valence electrons. The zero-order valence-corrected chi connectivity index (χ0v) is 19.8. The molecule has 0 radical (unpaired) electrons. The lowest BCUT2D eigenvalue weighted by molar-refractivity contribution is -0.140. The van der Waals surface area contributed by atoms with Crippen LogP contribution in [-0.4, -0.2) is 25.7 Å². The third-order valence-corrected chi connectivity index (χ3v) is 5.91. The number of anilines is 1. The number of nitrogens with zero attached hydrogens (tertiary/aromatic N) is 4. The SMILES string of the molecule is Cc1cccnc1Cn1nc(C)c(NC(=O)c2cc(C(F)(F)F)nc3c(Cl)cc(Cl)cc23)c1C. The lowest BCUT2D eigenvalue weighted by Crippen LogP contribution is -2.17. The van der Waals surface area contributed by atoms with Crippen molar-refractivity contribution in [3.63, 3.8) is 0 Å². The van der Waals surface area contributed by atoms with Crippen molar-refractivity contribution in [1.29, 1.82) is 0 Å². The van der Waals surface area contributed by atoms with Crippen molar-refractivity contribution in [3.8, 4) is 0 Å². The van der Waals surface area contributed by atoms with Gasteiger partial charge in [-0.15, -0.1) is 0 Å². The number of hydrogen-bond donors (Lipinski definition) is 1. The van der Waals surface area contributed by atoms with Gasteiger partial charge in [0.05, 0.1) is 45.4 Å². The fourth-order valence-corrected chi connectivity index (χ4v) is 4.16. The molecular formula is C23H18Cl2F3N5O. The standard InChI is InChI=1S/C23H18Cl2F3N5O/c1-11-5-4-6-29-18(11)10-33-13(3)20(12(2)32-33)31-22(34)16-9-19(23(26,27)28)30-21-15(16)7-14(24)8-17(21)25/h4-9H,10H2,1-3H3,(H,31,34). The fourth-order valence-electron chi connectivity index (χ4n) is 3.62. The number of fused-ring (bicyclic) bond motifs is 1. The van der Waals surface area contributed by atoms with Crippen LogP contribution < -0.4 is 5.32 Å². The molecule has 0 saturated carbocycles. The van der Waals surface area contributed by atoms with E-state index in [9.17, 15) is 18.0 Å². The van der Waals surface area contributed by atoms with Gasteiger partial charge < -0.3 is 5.32 Å². The first-order chi connectivity index (χ1) is 16.0. The van der Waals surface area contributed by atoms with Gasteiger partial charge in [-0.2, -0.15) is 18.3 Å². The average Bonchev–Trinajstić information content (AvgIpc) is 3.01. The van der Waals surface area contributed by atoms with E-state index < -0.39 is 17.8 Å². The molecule has 0 unspecified atom stereocenters. The summed E-state index contributed by atoms with van der Waals surface area (Å²) < 4.78 is 42.1. The molecule has 0 bridgehead atoms. The first kappa shape index (κ1) is 24.0. The number of amides is 1. The number of pyridine rings is 2. The summed E-state index contributed by atoms with van der Waals surface area (Å²) in [6.07, 6.45) is -3.09. The summed E-state index contributed by atoms with van der Waals surface area (Å²) in [6.45, 7) is 5.76. The summed E-state index contributed by atoms with van der Waals surface area (Å²) in [6, 6.07) is 7.09. The summed E-state index contributed by atoms with van der Waals surface area (Å²) in [5, 5.41) is 7.35. The third-order valence-electron chi connectivity index (χ3n) is 5.40. The van der Waals surface area contributed by atoms with Crippen molar-refractivity contribution in [2.24, 2.45) is 0 Å². The molecule has 0 aliphatic carbocycles. The van der Waals surface area contributed by atoms with Gasteiger partial charge in [-0.1, -0.05) is 29.3 Å². The predicted octanol–water partition coefficient (Wildman–Crippen LogP) is 6.38. The number of aromatic nitrogens is 4. The number of benzene rings is 1. The Morgan fingerprint density at radius 1 is 1.15 bits per heavy atom. The number of alkyl halides is 3. The Morgan fingerprint density at radius 2 is 1.88 bits per heavy atom. The molecule has 0 aliphatic heterocycles. The summed E-state index contributed by atoms with van der Waals surface area (Å²) in [7, 11) is 0. The van der Waals surface area contributed by atoms with Gasteiger partial charge in [0.1, 0.15) is 5.69 Å². The van der Waals surface area contributed by atoms with Crippen molar-refractivity contribution < 1.29 is 18.0 Å². The van der Waals surface area contributed by atoms with Gasteiger partial charge in [-0.25, -0.2) is 4.98 Å². The molecule has 0 saturated heterocycles. The molecule has 34 heavy (non-hydrogen) atoms. The molecule has 3 heterocycles. The first-order valence-corrected chi connectivity index (χ1v) is 10.8. The monoisotopic (exact) mass is 507 g/mol. The summed E-state index contributed by atoms with van der Waals surface area (Å²) >= 11 is 12.1. The maximum Gasteiger partial charge on any atom is 0.433 e. The molecule has 1 aromatic carbocycles. The molecule has 0 atom stereocenters. The Hall–Kier alpha value is -3.17. The van der Waals surface area contributed by atoms with E-state index in [4.69, 9.17) is 23.2 Å². The van der Waals surface area contributed by atoms with Crippen LogP contribution in [0.4, 0.5) is 18.9 Å². The molecule has 1 N–H and O–H groups in total. The second-order valence-electron chi connectivity index (χ2n) is 7.76. The van der Waals surface area contributed by atoms with Crippen LogP contribution in [0.1, 0.15) is 38.7 Å². The van der Waals surface area contributed by atoms with Crippen molar-refractivity contribution in [2.45, 2.75) is 33.5 Å². The Bertz CT molecular complexity index is 1430. The highest BCUT2D eigenvalue weighted by Crippen LogP contribution is 2.35. The minimum Gasteiger partial charge on any atom is -0.319 e. The Balaban J connectivity index is 1.75. The highest BCUT2D eigenvalue weighted by Gasteiger charge is 2.34. The van der Waals surface area contributed by atoms with Crippen LogP contribution in [0.2, 0.25) is 10.0 Å². The molecule has 11 heteroatoms. The van der Waals surface area contributed by atoms with E-state index in [1.165, 1.54) is 12.1 Å². The zero-order valence-electron chi connectivity index (χ0n) is 18.3. The van der Waals surface area contributed by atoms with Gasteiger partial charge in [-0.05, 0) is 50.6 Å². The largest absolute Gasteiger partial charge is 0.433 e. The maximum atomic E-state index is 13.5. The molecule has 0 fully saturated rings. The van der Waals surface area contributed by atoms with Crippen LogP contribution in [0.3, 0.4) is 0 Å². The van der Waals surface area contributed by atoms with E-state index in [1.54, 1.807) is 24.7 Å². The van der Waals surface area contributed by atoms with E-state index in [2.05, 4.69) is 20.4 Å². The minimum atomic E-state index is -4.77. The zero-order chi connectivity index (χ0) is 24.8. The van der Waals surface area contributed by atoms with Gasteiger partial charge in [-0.3, -0.25) is 14.5 Å². The van der Waals surface area contributed by atoms with Crippen LogP contribution in [0, 0.1) is 20.8 Å². The second kappa shape index (κ2) is 8.88. The predicted molar refractivity (Wildman–Crippen MR) is 124 cm³/mol. The van der Waals surface area contributed by atoms with Crippen molar-refractivity contribution in [1.82, 2.24) is 19.7 Å². The fraction of sp³-hybridized carbons (Fsp3) is 0.217. The lowest BCUT2D eigenvalue weighted by Gasteiger charge is -2.13. The van der Waals surface area contributed by atoms with E-state index in [0.29, 0.717) is 29.7 Å². The minimum absolute atomic E-state index is 0.0893. The molecule has 4 aromatic rings. The summed E-state index contributed by atoms with van der Waals surface area (Å²) in [5.41, 5.74) is 1.66. The number of carbonyl (C=O) groups is 1. The smallest absolute Gasteiger partial charge is 0.319 e. The van der Waals surface area contributed by atoms with Gasteiger partial charge in [0.15, 0.2) is 0 Å². The second-order valence-corrected chi connectivity index (χ2v) is 8.60. The van der Waals surface area contributed by atoms with Crippen molar-refractivity contribution in [3.05, 3.63) is 80.5 Å². The van der Waals surface area contributed by atoms with Gasteiger partial charge >= 0.3 is 6.18 Å². The Morgan fingerprint density at radius 3 is 2.56 bits per heavy atom. The Kier molecular flexibility index (Phi) is 6.26. The number of rotatable bonds is 4. The third kappa shape index (κ3) is 4.58. The molecule has 0 spiro atoms. The quantitative estimate of drug-likeness (QED) is 0.348. The topological polar surface area (TPSA) is 72.7 Å². The molecule has 4 rings (SSSR count). The highest BCUT2D eigenvalue weighted by atomic mass is 35.5. The summed E-state index contributed by atoms with van der Waals surface area (Å²) in [5.74, 6) is -0.768. The van der Waals surface area contributed by atoms with Crippen LogP contribution >= 0.6 is 23.2 Å². The molecule has 1 amide bonds. The van der Waals surface area contributed by atoms with Crippen LogP contribution in [0.15, 0.2) is 36.5 Å². The number of halogens is 5. The lowest BCUT2D eigenvalue weighted by atomic mass is 10.1. The van der Waals surface area contributed by atoms with Gasteiger partial charge in [0.2, 0.25) is 0 Å². The maximum absolute atomic E-state index is 13.5. The van der Waals surface area contributed by atoms with Gasteiger partial charge in [0, 0.05) is 16.6 Å². The molecule has 3 aromatic heterocycles. The van der Waals surface area contributed by atoms with E-state index >= 15 is 0 Å². The molecule has 6 nitrogen and oxygen atoms in total. The van der Waals surface area contributed by atoms with Crippen LogP contribution in [0.25, 0.3) is 10.9 Å². The van der Waals surface area contributed by atoms with Crippen molar-refractivity contribution in [2.75, 3.05) is 5.32 Å². The molecule has 0 aliphatic rings. The number of hydrogen-bond acceptors (Lipinski definition) is 4. The van der Waals surface area contributed by atoms with Crippen molar-refractivity contribution >= 4 is 45.7 Å². The Labute approximate surface area is 202 Å². The van der Waals surface area contributed by atoms with Gasteiger partial charge in [0.25, 0.3) is 5.91 Å². The number of carbonyl (C=O) groups excluding carboxylic acids is 1. The summed E-state index contributed by atoms with van der Waals surface area (Å²) in [4.78, 5) is 21.2. The number of nitrogens with one attached hydrogen (secondary N) is 1. The van der Waals surface area contributed by atoms with E-state index in [1.807, 2.05) is 19.1 Å². The van der Waals surface area contributed by atoms with Crippen LogP contribution in [-0.2, 0) is 12.7 Å².